The second-order valence-electron chi connectivity index (χ2n) is 6.30. The van der Waals surface area contributed by atoms with Gasteiger partial charge < -0.3 is 9.64 Å². The molecule has 24 heavy (non-hydrogen) atoms. The summed E-state index contributed by atoms with van der Waals surface area (Å²) in [5, 5.41) is 5.71. The maximum absolute atomic E-state index is 6.16. The molecule has 0 spiro atoms. The van der Waals surface area contributed by atoms with E-state index in [4.69, 9.17) is 28.6 Å². The van der Waals surface area contributed by atoms with Crippen molar-refractivity contribution in [2.24, 2.45) is 5.10 Å². The minimum absolute atomic E-state index is 0.547. The molecule has 0 unspecified atom stereocenters. The molecule has 4 rings (SSSR count). The van der Waals surface area contributed by atoms with Crippen molar-refractivity contribution in [3.05, 3.63) is 23.0 Å². The van der Waals surface area contributed by atoms with E-state index >= 15 is 0 Å². The molecule has 1 aromatic rings. The van der Waals surface area contributed by atoms with E-state index in [1.54, 1.807) is 12.3 Å². The van der Waals surface area contributed by atoms with E-state index in [1.165, 1.54) is 12.8 Å². The SMILES string of the molecule is S=C(N/N=C1/CCOc2c(Cl)ccnc21)N1CCN(C2CC2)CC1. The van der Waals surface area contributed by atoms with E-state index in [0.717, 1.165) is 37.9 Å². The Labute approximate surface area is 151 Å². The van der Waals surface area contributed by atoms with Gasteiger partial charge in [-0.15, -0.1) is 0 Å². The Morgan fingerprint density at radius 2 is 2.12 bits per heavy atom. The molecule has 0 aromatic carbocycles. The number of hydrogen-bond acceptors (Lipinski definition) is 5. The summed E-state index contributed by atoms with van der Waals surface area (Å²) >= 11 is 11.7. The Balaban J connectivity index is 1.39. The van der Waals surface area contributed by atoms with Crippen LogP contribution in [0.3, 0.4) is 0 Å². The summed E-state index contributed by atoms with van der Waals surface area (Å²) in [6.45, 7) is 4.62. The van der Waals surface area contributed by atoms with Crippen LogP contribution in [0.4, 0.5) is 0 Å². The number of ether oxygens (including phenoxy) is 1. The van der Waals surface area contributed by atoms with E-state index < -0.39 is 0 Å². The smallest absolute Gasteiger partial charge is 0.189 e. The quantitative estimate of drug-likeness (QED) is 0.638. The molecule has 8 heteroatoms. The summed E-state index contributed by atoms with van der Waals surface area (Å²) in [6.07, 6.45) is 5.06. The number of aromatic nitrogens is 1. The van der Waals surface area contributed by atoms with Gasteiger partial charge in [-0.05, 0) is 31.1 Å². The van der Waals surface area contributed by atoms with Gasteiger partial charge in [0.05, 0.1) is 17.3 Å². The van der Waals surface area contributed by atoms with Crippen LogP contribution in [0, 0.1) is 0 Å². The van der Waals surface area contributed by atoms with Crippen LogP contribution >= 0.6 is 23.8 Å². The van der Waals surface area contributed by atoms with E-state index in [-0.39, 0.29) is 0 Å². The zero-order valence-electron chi connectivity index (χ0n) is 13.4. The largest absolute Gasteiger partial charge is 0.489 e. The highest BCUT2D eigenvalue weighted by Gasteiger charge is 2.31. The number of piperazine rings is 1. The van der Waals surface area contributed by atoms with E-state index in [2.05, 4.69) is 25.3 Å². The van der Waals surface area contributed by atoms with Crippen LogP contribution < -0.4 is 10.2 Å². The van der Waals surface area contributed by atoms with Gasteiger partial charge in [0.15, 0.2) is 10.9 Å². The van der Waals surface area contributed by atoms with Gasteiger partial charge >= 0.3 is 0 Å². The van der Waals surface area contributed by atoms with E-state index in [1.807, 2.05) is 0 Å². The maximum atomic E-state index is 6.16. The van der Waals surface area contributed by atoms with Crippen LogP contribution in [-0.4, -0.2) is 64.4 Å². The van der Waals surface area contributed by atoms with Gasteiger partial charge in [0.25, 0.3) is 0 Å². The molecule has 1 saturated carbocycles. The number of nitrogens with zero attached hydrogens (tertiary/aromatic N) is 4. The minimum atomic E-state index is 0.547. The maximum Gasteiger partial charge on any atom is 0.189 e. The summed E-state index contributed by atoms with van der Waals surface area (Å²) in [5.41, 5.74) is 4.56. The molecule has 0 radical (unpaired) electrons. The number of nitrogens with one attached hydrogen (secondary N) is 1. The lowest BCUT2D eigenvalue weighted by molar-refractivity contribution is 0.173. The van der Waals surface area contributed by atoms with Gasteiger partial charge in [0.1, 0.15) is 5.69 Å². The fourth-order valence-corrected chi connectivity index (χ4v) is 3.59. The predicted molar refractivity (Wildman–Crippen MR) is 97.8 cm³/mol. The predicted octanol–water partition coefficient (Wildman–Crippen LogP) is 1.88. The third-order valence-electron chi connectivity index (χ3n) is 4.67. The average molecular weight is 366 g/mol. The summed E-state index contributed by atoms with van der Waals surface area (Å²) in [4.78, 5) is 9.09. The molecular formula is C16H20ClN5OS. The van der Waals surface area contributed by atoms with Gasteiger partial charge in [0.2, 0.25) is 0 Å². The molecule has 2 aliphatic heterocycles. The molecular weight excluding hydrogens is 346 g/mol. The first-order valence-electron chi connectivity index (χ1n) is 8.35. The molecule has 0 atom stereocenters. The van der Waals surface area contributed by atoms with Crippen molar-refractivity contribution in [1.29, 1.82) is 0 Å². The highest BCUT2D eigenvalue weighted by molar-refractivity contribution is 7.80. The highest BCUT2D eigenvalue weighted by atomic mass is 35.5. The first-order chi connectivity index (χ1) is 11.7. The van der Waals surface area contributed by atoms with Gasteiger partial charge in [-0.25, -0.2) is 0 Å². The van der Waals surface area contributed by atoms with Gasteiger partial charge in [-0.2, -0.15) is 5.10 Å². The Kier molecular flexibility index (Phi) is 4.56. The number of fused-ring (bicyclic) bond motifs is 1. The molecule has 0 amide bonds. The highest BCUT2D eigenvalue weighted by Crippen LogP contribution is 2.31. The number of hydrogen-bond donors (Lipinski definition) is 1. The second-order valence-corrected chi connectivity index (χ2v) is 7.09. The molecule has 3 aliphatic rings. The third kappa shape index (κ3) is 3.34. The first-order valence-corrected chi connectivity index (χ1v) is 9.14. The average Bonchev–Trinajstić information content (AvgIpc) is 3.45. The van der Waals surface area contributed by atoms with Crippen LogP contribution in [0.5, 0.6) is 5.75 Å². The van der Waals surface area contributed by atoms with Gasteiger partial charge in [-0.1, -0.05) is 11.6 Å². The number of pyridine rings is 1. The zero-order valence-corrected chi connectivity index (χ0v) is 14.9. The lowest BCUT2D eigenvalue weighted by Crippen LogP contribution is -2.51. The third-order valence-corrected chi connectivity index (χ3v) is 5.31. The Hall–Kier alpha value is -1.44. The topological polar surface area (TPSA) is 53.0 Å². The summed E-state index contributed by atoms with van der Waals surface area (Å²) in [7, 11) is 0. The van der Waals surface area contributed by atoms with Crippen molar-refractivity contribution in [2.45, 2.75) is 25.3 Å². The van der Waals surface area contributed by atoms with E-state index in [0.29, 0.717) is 34.6 Å². The van der Waals surface area contributed by atoms with Crippen LogP contribution in [0.15, 0.2) is 17.4 Å². The molecule has 2 fully saturated rings. The van der Waals surface area contributed by atoms with Crippen LogP contribution in [0.2, 0.25) is 5.02 Å². The van der Waals surface area contributed by atoms with E-state index in [9.17, 15) is 0 Å². The standard InChI is InChI=1S/C16H20ClN5OS/c17-12-3-5-18-14-13(4-10-23-15(12)14)19-20-16(24)22-8-6-21(7-9-22)11-1-2-11/h3,5,11H,1-2,4,6-10H2,(H,20,24)/b19-13-. The van der Waals surface area contributed by atoms with Crippen molar-refractivity contribution in [3.63, 3.8) is 0 Å². The van der Waals surface area contributed by atoms with Gasteiger partial charge in [0, 0.05) is 44.8 Å². The van der Waals surface area contributed by atoms with Crippen LogP contribution in [0.1, 0.15) is 25.0 Å². The van der Waals surface area contributed by atoms with Crippen molar-refractivity contribution in [2.75, 3.05) is 32.8 Å². The molecule has 3 heterocycles. The first kappa shape index (κ1) is 16.1. The normalized spacial score (nSPS) is 22.9. The number of thiocarbonyl (C=S) groups is 1. The van der Waals surface area contributed by atoms with Crippen molar-refractivity contribution in [3.8, 4) is 5.75 Å². The molecule has 1 N–H and O–H groups in total. The number of hydrazone groups is 1. The molecule has 1 aromatic heterocycles. The summed E-state index contributed by atoms with van der Waals surface area (Å²) in [6, 6.07) is 2.55. The lowest BCUT2D eigenvalue weighted by Gasteiger charge is -2.35. The molecule has 1 saturated heterocycles. The summed E-state index contributed by atoms with van der Waals surface area (Å²) < 4.78 is 5.60. The monoisotopic (exact) mass is 365 g/mol. The van der Waals surface area contributed by atoms with Crippen molar-refractivity contribution >= 4 is 34.6 Å². The van der Waals surface area contributed by atoms with Gasteiger partial charge in [-0.3, -0.25) is 15.3 Å². The van der Waals surface area contributed by atoms with Crippen molar-refractivity contribution in [1.82, 2.24) is 20.2 Å². The molecule has 6 nitrogen and oxygen atoms in total. The van der Waals surface area contributed by atoms with Crippen LogP contribution in [-0.2, 0) is 0 Å². The number of rotatable bonds is 2. The zero-order chi connectivity index (χ0) is 16.5. The molecule has 1 aliphatic carbocycles. The second kappa shape index (κ2) is 6.82. The fourth-order valence-electron chi connectivity index (χ4n) is 3.16. The Bertz CT molecular complexity index is 670. The number of halogens is 1. The summed E-state index contributed by atoms with van der Waals surface area (Å²) in [5.74, 6) is 0.606. The lowest BCUT2D eigenvalue weighted by atomic mass is 10.1. The Morgan fingerprint density at radius 3 is 2.88 bits per heavy atom. The molecule has 128 valence electrons. The fraction of sp³-hybridized carbons (Fsp3) is 0.562. The molecule has 0 bridgehead atoms. The van der Waals surface area contributed by atoms with Crippen LogP contribution in [0.25, 0.3) is 0 Å². The van der Waals surface area contributed by atoms with Crippen molar-refractivity contribution < 1.29 is 4.74 Å². The Morgan fingerprint density at radius 1 is 1.33 bits per heavy atom. The minimum Gasteiger partial charge on any atom is -0.489 e.